The highest BCUT2D eigenvalue weighted by molar-refractivity contribution is 9.11. The average molecular weight is 1020 g/mol. The second-order valence-electron chi connectivity index (χ2n) is 15.0. The molecule has 8 aromatic carbocycles. The van der Waals surface area contributed by atoms with Gasteiger partial charge in [-0.25, -0.2) is 0 Å². The normalized spacial score (nSPS) is 11.2. The van der Waals surface area contributed by atoms with Gasteiger partial charge in [-0.1, -0.05) is 31.9 Å². The van der Waals surface area contributed by atoms with Crippen molar-refractivity contribution in [3.05, 3.63) is 106 Å². The van der Waals surface area contributed by atoms with Crippen LogP contribution in [0.4, 0.5) is 0 Å². The highest BCUT2D eigenvalue weighted by Gasteiger charge is 2.28. The van der Waals surface area contributed by atoms with E-state index in [0.717, 1.165) is 97.1 Å². The third-order valence-corrected chi connectivity index (χ3v) is 12.2. The largest absolute Gasteiger partial charge is 0.504 e. The van der Waals surface area contributed by atoms with Gasteiger partial charge in [-0.3, -0.25) is 0 Å². The van der Waals surface area contributed by atoms with Crippen molar-refractivity contribution in [2.75, 3.05) is 0 Å². The minimum absolute atomic E-state index is 0.00511. The summed E-state index contributed by atoms with van der Waals surface area (Å²) in [5.41, 5.74) is -0.195. The topological polar surface area (TPSA) is 324 Å². The molecule has 0 aliphatic carbocycles. The molecule has 0 bridgehead atoms. The van der Waals surface area contributed by atoms with Crippen LogP contribution in [0.15, 0.2) is 106 Å². The zero-order chi connectivity index (χ0) is 47.8. The van der Waals surface area contributed by atoms with Crippen LogP contribution in [0.5, 0.6) is 92.0 Å². The Morgan fingerprint density at radius 2 is 0.242 bits per heavy atom. The van der Waals surface area contributed by atoms with E-state index in [0.29, 0.717) is 0 Å². The smallest absolute Gasteiger partial charge is 0.158 e. The van der Waals surface area contributed by atoms with Gasteiger partial charge in [0, 0.05) is 20.1 Å². The number of halogens is 2. The van der Waals surface area contributed by atoms with E-state index in [1.165, 1.54) is 0 Å². The molecule has 16 nitrogen and oxygen atoms in total. The van der Waals surface area contributed by atoms with Gasteiger partial charge >= 0.3 is 0 Å². The summed E-state index contributed by atoms with van der Waals surface area (Å²) in [6, 6.07) is 17.5. The lowest BCUT2D eigenvalue weighted by Gasteiger charge is -2.23. The summed E-state index contributed by atoms with van der Waals surface area (Å²) < 4.78 is 0.377. The summed E-state index contributed by atoms with van der Waals surface area (Å²) >= 11 is 6.67. The summed E-state index contributed by atoms with van der Waals surface area (Å²) in [6.07, 6.45) is 0. The first kappa shape index (κ1) is 44.1. The molecule has 0 unspecified atom stereocenters. The Kier molecular flexibility index (Phi) is 10.9. The third-order valence-electron chi connectivity index (χ3n) is 10.8. The van der Waals surface area contributed by atoms with Crippen LogP contribution >= 0.6 is 31.9 Å². The molecular formula is C48H32Br2O16. The highest BCUT2D eigenvalue weighted by atomic mass is 79.9. The first-order valence-electron chi connectivity index (χ1n) is 18.9. The summed E-state index contributed by atoms with van der Waals surface area (Å²) in [5.74, 6) is -10.5. The van der Waals surface area contributed by atoms with E-state index in [1.807, 2.05) is 0 Å². The van der Waals surface area contributed by atoms with Crippen molar-refractivity contribution in [1.29, 1.82) is 0 Å². The number of aromatic hydroxyl groups is 16. The van der Waals surface area contributed by atoms with Crippen molar-refractivity contribution in [3.8, 4) is 170 Å². The van der Waals surface area contributed by atoms with Crippen LogP contribution in [0.3, 0.4) is 0 Å². The summed E-state index contributed by atoms with van der Waals surface area (Å²) in [4.78, 5) is 0. The maximum absolute atomic E-state index is 11.1. The lowest BCUT2D eigenvalue weighted by Crippen LogP contribution is -1.96. The molecule has 0 radical (unpaired) electrons. The van der Waals surface area contributed by atoms with Gasteiger partial charge in [0.05, 0.1) is 0 Å². The van der Waals surface area contributed by atoms with Crippen LogP contribution in [0, 0.1) is 0 Å². The molecule has 8 rings (SSSR count). The molecule has 66 heavy (non-hydrogen) atoms. The van der Waals surface area contributed by atoms with Crippen LogP contribution in [0.2, 0.25) is 0 Å². The minimum Gasteiger partial charge on any atom is -0.504 e. The summed E-state index contributed by atoms with van der Waals surface area (Å²) in [7, 11) is 0. The number of phenolic OH excluding ortho intramolecular Hbond substituents is 16. The van der Waals surface area contributed by atoms with Gasteiger partial charge in [0.25, 0.3) is 0 Å². The van der Waals surface area contributed by atoms with Crippen LogP contribution in [-0.4, -0.2) is 81.7 Å². The maximum Gasteiger partial charge on any atom is 0.158 e. The number of phenols is 16. The molecule has 0 heterocycles. The van der Waals surface area contributed by atoms with Crippen molar-refractivity contribution in [1.82, 2.24) is 0 Å². The molecule has 0 saturated carbocycles. The predicted molar refractivity (Wildman–Crippen MR) is 247 cm³/mol. The molecule has 0 aliphatic rings. The molecule has 0 aromatic heterocycles. The highest BCUT2D eigenvalue weighted by Crippen LogP contribution is 2.55. The quantitative estimate of drug-likeness (QED) is 0.0660. The molecular weight excluding hydrogens is 992 g/mol. The average Bonchev–Trinajstić information content (AvgIpc) is 3.25. The van der Waals surface area contributed by atoms with E-state index in [2.05, 4.69) is 31.9 Å². The fraction of sp³-hybridized carbons (Fsp3) is 0. The van der Waals surface area contributed by atoms with Gasteiger partial charge in [0.15, 0.2) is 92.0 Å². The van der Waals surface area contributed by atoms with E-state index in [9.17, 15) is 81.7 Å². The van der Waals surface area contributed by atoms with E-state index >= 15 is 0 Å². The summed E-state index contributed by atoms with van der Waals surface area (Å²) in [6.45, 7) is 0. The molecule has 0 fully saturated rings. The molecule has 0 amide bonds. The van der Waals surface area contributed by atoms with Crippen molar-refractivity contribution in [3.63, 3.8) is 0 Å². The Labute approximate surface area is 387 Å². The molecule has 18 heteroatoms. The van der Waals surface area contributed by atoms with Gasteiger partial charge < -0.3 is 81.7 Å². The first-order valence-corrected chi connectivity index (χ1v) is 20.5. The van der Waals surface area contributed by atoms with Gasteiger partial charge in [-0.05, 0) is 164 Å². The summed E-state index contributed by atoms with van der Waals surface area (Å²) in [5, 5.41) is 173. The van der Waals surface area contributed by atoms with Crippen LogP contribution < -0.4 is 0 Å². The fourth-order valence-corrected chi connectivity index (χ4v) is 8.74. The fourth-order valence-electron chi connectivity index (χ4n) is 7.65. The second kappa shape index (κ2) is 16.3. The van der Waals surface area contributed by atoms with E-state index in [4.69, 9.17) is 0 Å². The van der Waals surface area contributed by atoms with Crippen molar-refractivity contribution in [2.45, 2.75) is 0 Å². The van der Waals surface area contributed by atoms with Crippen LogP contribution in [0.25, 0.3) is 77.9 Å². The van der Waals surface area contributed by atoms with Crippen molar-refractivity contribution >= 4 is 31.9 Å². The third kappa shape index (κ3) is 7.58. The zero-order valence-electron chi connectivity index (χ0n) is 33.1. The molecule has 0 spiro atoms. The predicted octanol–water partition coefficient (Wildman–Crippen LogP) is 10.2. The van der Waals surface area contributed by atoms with E-state index in [-0.39, 0.29) is 86.8 Å². The standard InChI is InChI=1S/C48H32Br2O16/c49-31-15-47(65)45(63)13-29(31)27-11-43(61)41(59)9-25(27)23-7-39(57)37(55)5-21(23)19-3-35(53)33(51)1-17(19)18-2-34(52)36(54)4-20(18)22-6-38(56)40(58)8-24(22)26-10-42(60)44(62)12-28(26)30-14-46(64)48(66)16-32(30)50/h1-16,51-66H. The maximum atomic E-state index is 11.1. The first-order chi connectivity index (χ1) is 31.1. The number of benzene rings is 8. The molecule has 0 saturated heterocycles. The minimum atomic E-state index is -0.736. The Balaban J connectivity index is 1.47. The molecule has 8 aromatic rings. The van der Waals surface area contributed by atoms with Gasteiger partial charge in [-0.15, -0.1) is 0 Å². The number of hydrogen-bond donors (Lipinski definition) is 16. The zero-order valence-corrected chi connectivity index (χ0v) is 36.3. The monoisotopic (exact) mass is 1020 g/mol. The van der Waals surface area contributed by atoms with Gasteiger partial charge in [0.1, 0.15) is 0 Å². The molecule has 0 atom stereocenters. The molecule has 16 N–H and O–H groups in total. The Morgan fingerprint density at radius 1 is 0.152 bits per heavy atom. The Bertz CT molecular complexity index is 3150. The second-order valence-corrected chi connectivity index (χ2v) is 16.7. The number of rotatable bonds is 7. The van der Waals surface area contributed by atoms with Gasteiger partial charge in [0.2, 0.25) is 0 Å². The Morgan fingerprint density at radius 3 is 0.379 bits per heavy atom. The SMILES string of the molecule is Oc1cc(Br)c(-c2cc(O)c(O)cc2-c2cc(O)c(O)cc2-c2cc(O)c(O)cc2-c2cc(O)c(O)cc2-c2cc(O)c(O)cc2-c2cc(O)c(O)cc2-c2cc(O)c(O)cc2Br)cc1O. The number of hydrogen-bond acceptors (Lipinski definition) is 16. The van der Waals surface area contributed by atoms with Crippen LogP contribution in [0.1, 0.15) is 0 Å². The van der Waals surface area contributed by atoms with E-state index in [1.54, 1.807) is 0 Å². The molecule has 0 aliphatic heterocycles. The lowest BCUT2D eigenvalue weighted by molar-refractivity contribution is 0.402. The molecule has 334 valence electrons. The van der Waals surface area contributed by atoms with Crippen molar-refractivity contribution in [2.24, 2.45) is 0 Å². The lowest BCUT2D eigenvalue weighted by atomic mass is 9.82. The van der Waals surface area contributed by atoms with Crippen molar-refractivity contribution < 1.29 is 81.7 Å². The van der Waals surface area contributed by atoms with Gasteiger partial charge in [-0.2, -0.15) is 0 Å². The Hall–Kier alpha value is -8.48. The van der Waals surface area contributed by atoms with E-state index < -0.39 is 92.0 Å². The van der Waals surface area contributed by atoms with Crippen LogP contribution in [-0.2, 0) is 0 Å².